The standard InChI is InChI=1S/C22H24N4O2/c1-15-11-19(15)22(27)24-9-10-26-21(16-5-3-7-18(12-16)28-2)13-20(25-26)17-6-4-8-23-14-17/h3-8,12-15,19H,9-11H2,1-2H3,(H,24,27)/t15-,19+/m0/s1. The number of carbonyl (C=O) groups excluding carboxylic acids is 1. The Morgan fingerprint density at radius 1 is 1.25 bits per heavy atom. The molecule has 6 heteroatoms. The Kier molecular flexibility index (Phi) is 5.10. The number of amides is 1. The lowest BCUT2D eigenvalue weighted by atomic mass is 10.1. The van der Waals surface area contributed by atoms with Gasteiger partial charge in [-0.05, 0) is 42.7 Å². The number of nitrogens with one attached hydrogen (secondary N) is 1. The lowest BCUT2D eigenvalue weighted by molar-refractivity contribution is -0.122. The molecular weight excluding hydrogens is 352 g/mol. The van der Waals surface area contributed by atoms with Crippen LogP contribution >= 0.6 is 0 Å². The molecule has 1 aliphatic rings. The Morgan fingerprint density at radius 2 is 2.07 bits per heavy atom. The summed E-state index contributed by atoms with van der Waals surface area (Å²) in [6, 6.07) is 13.9. The first kappa shape index (κ1) is 18.2. The fourth-order valence-corrected chi connectivity index (χ4v) is 3.36. The largest absolute Gasteiger partial charge is 0.497 e. The summed E-state index contributed by atoms with van der Waals surface area (Å²) in [5.74, 6) is 1.63. The van der Waals surface area contributed by atoms with Gasteiger partial charge in [0.1, 0.15) is 5.75 Å². The van der Waals surface area contributed by atoms with Crippen LogP contribution in [0, 0.1) is 11.8 Å². The number of carbonyl (C=O) groups is 1. The quantitative estimate of drug-likeness (QED) is 0.686. The van der Waals surface area contributed by atoms with Crippen molar-refractivity contribution in [2.45, 2.75) is 19.9 Å². The van der Waals surface area contributed by atoms with Gasteiger partial charge < -0.3 is 10.1 Å². The zero-order chi connectivity index (χ0) is 19.5. The van der Waals surface area contributed by atoms with Crippen LogP contribution in [0.15, 0.2) is 54.9 Å². The predicted octanol–water partition coefficient (Wildman–Crippen LogP) is 3.39. The minimum Gasteiger partial charge on any atom is -0.497 e. The van der Waals surface area contributed by atoms with Crippen molar-refractivity contribution in [1.29, 1.82) is 0 Å². The van der Waals surface area contributed by atoms with Crippen molar-refractivity contribution in [2.24, 2.45) is 11.8 Å². The van der Waals surface area contributed by atoms with Crippen LogP contribution in [0.1, 0.15) is 13.3 Å². The maximum Gasteiger partial charge on any atom is 0.223 e. The molecule has 2 atom stereocenters. The molecule has 0 spiro atoms. The summed E-state index contributed by atoms with van der Waals surface area (Å²) in [5, 5.41) is 7.81. The lowest BCUT2D eigenvalue weighted by Crippen LogP contribution is -2.29. The second-order valence-electron chi connectivity index (χ2n) is 7.22. The first-order chi connectivity index (χ1) is 13.7. The average molecular weight is 376 g/mol. The van der Waals surface area contributed by atoms with E-state index in [1.54, 1.807) is 19.5 Å². The highest BCUT2D eigenvalue weighted by molar-refractivity contribution is 5.81. The van der Waals surface area contributed by atoms with Crippen LogP contribution in [0.5, 0.6) is 5.75 Å². The summed E-state index contributed by atoms with van der Waals surface area (Å²) in [4.78, 5) is 16.3. The van der Waals surface area contributed by atoms with Crippen LogP contribution in [0.25, 0.3) is 22.5 Å². The summed E-state index contributed by atoms with van der Waals surface area (Å²) in [7, 11) is 1.66. The maximum absolute atomic E-state index is 12.1. The number of ether oxygens (including phenoxy) is 1. The number of hydrogen-bond donors (Lipinski definition) is 1. The van der Waals surface area contributed by atoms with Gasteiger partial charge >= 0.3 is 0 Å². The third kappa shape index (κ3) is 3.91. The van der Waals surface area contributed by atoms with Crippen molar-refractivity contribution in [2.75, 3.05) is 13.7 Å². The van der Waals surface area contributed by atoms with Crippen LogP contribution in [-0.2, 0) is 11.3 Å². The van der Waals surface area contributed by atoms with Crippen molar-refractivity contribution < 1.29 is 9.53 Å². The molecule has 0 aliphatic heterocycles. The van der Waals surface area contributed by atoms with Gasteiger partial charge in [-0.15, -0.1) is 0 Å². The number of pyridine rings is 1. The topological polar surface area (TPSA) is 69.0 Å². The van der Waals surface area contributed by atoms with E-state index in [4.69, 9.17) is 9.84 Å². The number of hydrogen-bond acceptors (Lipinski definition) is 4. The Bertz CT molecular complexity index is 968. The molecule has 4 rings (SSSR count). The zero-order valence-corrected chi connectivity index (χ0v) is 16.1. The molecule has 2 heterocycles. The van der Waals surface area contributed by atoms with Gasteiger partial charge in [0.05, 0.1) is 25.0 Å². The number of benzene rings is 1. The Balaban J connectivity index is 1.59. The summed E-state index contributed by atoms with van der Waals surface area (Å²) in [6.07, 6.45) is 4.55. The Hall–Kier alpha value is -3.15. The summed E-state index contributed by atoms with van der Waals surface area (Å²) in [6.45, 7) is 3.26. The van der Waals surface area contributed by atoms with Crippen LogP contribution in [0.2, 0.25) is 0 Å². The Morgan fingerprint density at radius 3 is 2.79 bits per heavy atom. The highest BCUT2D eigenvalue weighted by Gasteiger charge is 2.38. The maximum atomic E-state index is 12.1. The monoisotopic (exact) mass is 376 g/mol. The normalized spacial score (nSPS) is 17.9. The van der Waals surface area contributed by atoms with Crippen LogP contribution < -0.4 is 10.1 Å². The predicted molar refractivity (Wildman–Crippen MR) is 108 cm³/mol. The molecule has 6 nitrogen and oxygen atoms in total. The molecule has 144 valence electrons. The summed E-state index contributed by atoms with van der Waals surface area (Å²) >= 11 is 0. The molecule has 1 fully saturated rings. The second kappa shape index (κ2) is 7.84. The fraction of sp³-hybridized carbons (Fsp3) is 0.318. The van der Waals surface area contributed by atoms with E-state index in [-0.39, 0.29) is 11.8 Å². The molecular formula is C22H24N4O2. The molecule has 1 saturated carbocycles. The molecule has 28 heavy (non-hydrogen) atoms. The molecule has 0 saturated heterocycles. The SMILES string of the molecule is COc1cccc(-c2cc(-c3cccnc3)nn2CCNC(=O)[C@@H]2C[C@@H]2C)c1. The molecule has 1 amide bonds. The molecule has 0 bridgehead atoms. The summed E-state index contributed by atoms with van der Waals surface area (Å²) < 4.78 is 7.31. The molecule has 1 aliphatic carbocycles. The van der Waals surface area contributed by atoms with Crippen molar-refractivity contribution >= 4 is 5.91 Å². The highest BCUT2D eigenvalue weighted by Crippen LogP contribution is 2.37. The van der Waals surface area contributed by atoms with Gasteiger partial charge in [0.2, 0.25) is 5.91 Å². The lowest BCUT2D eigenvalue weighted by Gasteiger charge is -2.10. The number of rotatable bonds is 7. The first-order valence-electron chi connectivity index (χ1n) is 9.56. The van der Waals surface area contributed by atoms with E-state index >= 15 is 0 Å². The number of methoxy groups -OCH3 is 1. The number of aromatic nitrogens is 3. The third-order valence-corrected chi connectivity index (χ3v) is 5.17. The number of nitrogens with zero attached hydrogens (tertiary/aromatic N) is 3. The molecule has 0 unspecified atom stereocenters. The summed E-state index contributed by atoms with van der Waals surface area (Å²) in [5.41, 5.74) is 3.81. The van der Waals surface area contributed by atoms with E-state index < -0.39 is 0 Å². The van der Waals surface area contributed by atoms with Crippen molar-refractivity contribution in [3.8, 4) is 28.3 Å². The molecule has 1 N–H and O–H groups in total. The molecule has 0 radical (unpaired) electrons. The average Bonchev–Trinajstić information content (AvgIpc) is 3.32. The van der Waals surface area contributed by atoms with Gasteiger partial charge in [-0.25, -0.2) is 0 Å². The minimum absolute atomic E-state index is 0.148. The van der Waals surface area contributed by atoms with Crippen LogP contribution in [0.4, 0.5) is 0 Å². The molecule has 3 aromatic rings. The van der Waals surface area contributed by atoms with Gasteiger partial charge in [-0.1, -0.05) is 19.1 Å². The minimum atomic E-state index is 0.148. The Labute approximate surface area is 164 Å². The third-order valence-electron chi connectivity index (χ3n) is 5.17. The fourth-order valence-electron chi connectivity index (χ4n) is 3.36. The zero-order valence-electron chi connectivity index (χ0n) is 16.1. The van der Waals surface area contributed by atoms with Crippen LogP contribution in [0.3, 0.4) is 0 Å². The van der Waals surface area contributed by atoms with Crippen molar-refractivity contribution in [3.63, 3.8) is 0 Å². The van der Waals surface area contributed by atoms with Gasteiger partial charge in [0.15, 0.2) is 0 Å². The second-order valence-corrected chi connectivity index (χ2v) is 7.22. The van der Waals surface area contributed by atoms with Crippen molar-refractivity contribution in [1.82, 2.24) is 20.1 Å². The van der Waals surface area contributed by atoms with E-state index in [0.717, 1.165) is 34.7 Å². The van der Waals surface area contributed by atoms with Crippen LogP contribution in [-0.4, -0.2) is 34.3 Å². The van der Waals surface area contributed by atoms with Gasteiger partial charge in [0, 0.05) is 36.0 Å². The van der Waals surface area contributed by atoms with Gasteiger partial charge in [-0.3, -0.25) is 14.5 Å². The van der Waals surface area contributed by atoms with E-state index in [9.17, 15) is 4.79 Å². The molecule has 2 aromatic heterocycles. The van der Waals surface area contributed by atoms with Gasteiger partial charge in [-0.2, -0.15) is 5.10 Å². The van der Waals surface area contributed by atoms with E-state index in [1.165, 1.54) is 0 Å². The smallest absolute Gasteiger partial charge is 0.223 e. The molecule has 1 aromatic carbocycles. The highest BCUT2D eigenvalue weighted by atomic mass is 16.5. The van der Waals surface area contributed by atoms with Gasteiger partial charge in [0.25, 0.3) is 0 Å². The van der Waals surface area contributed by atoms with Crippen molar-refractivity contribution in [3.05, 3.63) is 54.9 Å². The van der Waals surface area contributed by atoms with E-state index in [1.807, 2.05) is 41.1 Å². The van der Waals surface area contributed by atoms with E-state index in [0.29, 0.717) is 19.0 Å². The van der Waals surface area contributed by atoms with E-state index in [2.05, 4.69) is 23.3 Å². The first-order valence-corrected chi connectivity index (χ1v) is 9.56.